The highest BCUT2D eigenvalue weighted by Gasteiger charge is 2.28. The zero-order valence-corrected chi connectivity index (χ0v) is 21.8. The van der Waals surface area contributed by atoms with Crippen molar-refractivity contribution in [2.75, 3.05) is 45.8 Å². The lowest BCUT2D eigenvalue weighted by molar-refractivity contribution is -0.134. The maximum absolute atomic E-state index is 13.1. The number of carbonyl (C=O) groups excluding carboxylic acids is 1. The molecule has 0 saturated carbocycles. The van der Waals surface area contributed by atoms with Gasteiger partial charge in [0.2, 0.25) is 11.0 Å². The van der Waals surface area contributed by atoms with Crippen LogP contribution in [0.5, 0.6) is 11.5 Å². The van der Waals surface area contributed by atoms with Crippen LogP contribution in [-0.2, 0) is 17.6 Å². The van der Waals surface area contributed by atoms with E-state index in [0.717, 1.165) is 55.3 Å². The van der Waals surface area contributed by atoms with Crippen molar-refractivity contribution in [3.05, 3.63) is 65.0 Å². The third kappa shape index (κ3) is 6.31. The van der Waals surface area contributed by atoms with Gasteiger partial charge >= 0.3 is 0 Å². The summed E-state index contributed by atoms with van der Waals surface area (Å²) in [5.41, 5.74) is 3.60. The van der Waals surface area contributed by atoms with Crippen molar-refractivity contribution >= 4 is 22.6 Å². The predicted octanol–water partition coefficient (Wildman–Crippen LogP) is 4.37. The van der Waals surface area contributed by atoms with Crippen molar-refractivity contribution in [2.24, 2.45) is 5.92 Å². The molecule has 1 aliphatic rings. The van der Waals surface area contributed by atoms with Crippen molar-refractivity contribution in [1.82, 2.24) is 14.3 Å². The molecule has 0 N–H and O–H groups in total. The van der Waals surface area contributed by atoms with Gasteiger partial charge < -0.3 is 19.3 Å². The number of hydrogen-bond donors (Lipinski definition) is 0. The number of piperidine rings is 1. The molecular formula is C27H34N4O3S. The molecule has 1 aromatic heterocycles. The zero-order valence-electron chi connectivity index (χ0n) is 21.0. The maximum Gasteiger partial charge on any atom is 0.225 e. The highest BCUT2D eigenvalue weighted by molar-refractivity contribution is 7.09. The van der Waals surface area contributed by atoms with Crippen LogP contribution in [0.15, 0.2) is 42.5 Å². The van der Waals surface area contributed by atoms with Crippen LogP contribution in [0.1, 0.15) is 35.4 Å². The molecule has 186 valence electrons. The van der Waals surface area contributed by atoms with Crippen LogP contribution in [0.3, 0.4) is 0 Å². The summed E-state index contributed by atoms with van der Waals surface area (Å²) in [4.78, 5) is 21.9. The van der Waals surface area contributed by atoms with Crippen LogP contribution < -0.4 is 14.4 Å². The normalized spacial score (nSPS) is 14.1. The Bertz CT molecular complexity index is 1120. The Hall–Kier alpha value is -3.13. The average molecular weight is 495 g/mol. The Morgan fingerprint density at radius 1 is 1.06 bits per heavy atom. The molecule has 0 spiro atoms. The van der Waals surface area contributed by atoms with E-state index in [1.54, 1.807) is 14.2 Å². The summed E-state index contributed by atoms with van der Waals surface area (Å²) < 4.78 is 15.3. The van der Waals surface area contributed by atoms with Crippen LogP contribution in [0.2, 0.25) is 0 Å². The minimum absolute atomic E-state index is 0.0570. The molecule has 0 atom stereocenters. The number of aromatic nitrogens is 2. The zero-order chi connectivity index (χ0) is 24.8. The fraction of sp³-hybridized carbons (Fsp3) is 0.444. The molecule has 0 bridgehead atoms. The number of rotatable bonds is 9. The number of benzene rings is 2. The minimum atomic E-state index is 0.0570. The first-order valence-corrected chi connectivity index (χ1v) is 12.8. The number of hydrogen-bond acceptors (Lipinski definition) is 7. The van der Waals surface area contributed by atoms with Gasteiger partial charge in [-0.1, -0.05) is 35.9 Å². The Labute approximate surface area is 211 Å². The van der Waals surface area contributed by atoms with Gasteiger partial charge in [0.25, 0.3) is 0 Å². The lowest BCUT2D eigenvalue weighted by atomic mass is 9.95. The van der Waals surface area contributed by atoms with E-state index >= 15 is 0 Å². The van der Waals surface area contributed by atoms with Gasteiger partial charge in [-0.15, -0.1) is 0 Å². The smallest absolute Gasteiger partial charge is 0.225 e. The fourth-order valence-electron chi connectivity index (χ4n) is 4.41. The summed E-state index contributed by atoms with van der Waals surface area (Å²) in [5, 5.41) is 0.958. The van der Waals surface area contributed by atoms with E-state index in [4.69, 9.17) is 14.5 Å². The van der Waals surface area contributed by atoms with E-state index in [1.807, 2.05) is 30.1 Å². The first kappa shape index (κ1) is 25.0. The molecule has 1 saturated heterocycles. The van der Waals surface area contributed by atoms with Crippen molar-refractivity contribution in [1.29, 1.82) is 0 Å². The lowest BCUT2D eigenvalue weighted by Gasteiger charge is -2.32. The standard InChI is InChI=1S/C27H34N4O3S/c1-19-5-7-20(8-6-19)18-25-28-27(35-29-25)31-15-12-22(13-16-31)26(32)30(2)14-11-21-9-10-23(33-3)24(17-21)34-4/h5-10,17,22H,11-16,18H2,1-4H3. The Morgan fingerprint density at radius 3 is 2.43 bits per heavy atom. The third-order valence-corrected chi connectivity index (χ3v) is 7.43. The van der Waals surface area contributed by atoms with Gasteiger partial charge in [0.05, 0.1) is 14.2 Å². The summed E-state index contributed by atoms with van der Waals surface area (Å²) in [6.45, 7) is 4.43. The molecular weight excluding hydrogens is 460 g/mol. The number of ether oxygens (including phenoxy) is 2. The van der Waals surface area contributed by atoms with Gasteiger partial charge in [0.15, 0.2) is 11.5 Å². The van der Waals surface area contributed by atoms with Crippen LogP contribution in [0.25, 0.3) is 0 Å². The molecule has 1 aliphatic heterocycles. The van der Waals surface area contributed by atoms with E-state index in [0.29, 0.717) is 18.0 Å². The van der Waals surface area contributed by atoms with Crippen molar-refractivity contribution in [3.63, 3.8) is 0 Å². The largest absolute Gasteiger partial charge is 0.493 e. The third-order valence-electron chi connectivity index (χ3n) is 6.61. The van der Waals surface area contributed by atoms with Crippen molar-refractivity contribution in [3.8, 4) is 11.5 Å². The number of carbonyl (C=O) groups is 1. The second kappa shape index (κ2) is 11.5. The maximum atomic E-state index is 13.1. The highest BCUT2D eigenvalue weighted by atomic mass is 32.1. The predicted molar refractivity (Wildman–Crippen MR) is 140 cm³/mol. The molecule has 0 aliphatic carbocycles. The number of amides is 1. The fourth-order valence-corrected chi connectivity index (χ4v) is 5.14. The molecule has 35 heavy (non-hydrogen) atoms. The summed E-state index contributed by atoms with van der Waals surface area (Å²) in [5.74, 6) is 2.57. The van der Waals surface area contributed by atoms with Gasteiger partial charge in [-0.25, -0.2) is 4.98 Å². The number of likely N-dealkylation sites (N-methyl/N-ethyl adjacent to an activating group) is 1. The summed E-state index contributed by atoms with van der Waals surface area (Å²) >= 11 is 1.46. The average Bonchev–Trinajstić information content (AvgIpc) is 3.36. The molecule has 0 unspecified atom stereocenters. The van der Waals surface area contributed by atoms with E-state index in [1.165, 1.54) is 22.7 Å². The molecule has 2 aromatic carbocycles. The Morgan fingerprint density at radius 2 is 1.74 bits per heavy atom. The molecule has 8 heteroatoms. The van der Waals surface area contributed by atoms with Crippen LogP contribution >= 0.6 is 11.5 Å². The SMILES string of the molecule is COc1ccc(CCN(C)C(=O)C2CCN(c3nc(Cc4ccc(C)cc4)ns3)CC2)cc1OC. The molecule has 3 aromatic rings. The molecule has 1 amide bonds. The number of aryl methyl sites for hydroxylation is 1. The van der Waals surface area contributed by atoms with Gasteiger partial charge in [0.1, 0.15) is 5.82 Å². The van der Waals surface area contributed by atoms with Gasteiger partial charge in [0, 0.05) is 50.6 Å². The second-order valence-corrected chi connectivity index (χ2v) is 9.85. The topological polar surface area (TPSA) is 67.8 Å². The summed E-state index contributed by atoms with van der Waals surface area (Å²) in [6, 6.07) is 14.4. The van der Waals surface area contributed by atoms with Crippen LogP contribution in [0.4, 0.5) is 5.13 Å². The lowest BCUT2D eigenvalue weighted by Crippen LogP contribution is -2.41. The van der Waals surface area contributed by atoms with E-state index in [2.05, 4.69) is 40.5 Å². The number of nitrogens with zero attached hydrogens (tertiary/aromatic N) is 4. The summed E-state index contributed by atoms with van der Waals surface area (Å²) in [6.07, 6.45) is 3.20. The molecule has 1 fully saturated rings. The Kier molecular flexibility index (Phi) is 8.23. The van der Waals surface area contributed by atoms with Gasteiger partial charge in [-0.05, 0) is 49.4 Å². The number of methoxy groups -OCH3 is 2. The highest BCUT2D eigenvalue weighted by Crippen LogP contribution is 2.29. The Balaban J connectivity index is 1.25. The van der Waals surface area contributed by atoms with Crippen LogP contribution in [-0.4, -0.2) is 61.1 Å². The van der Waals surface area contributed by atoms with E-state index in [-0.39, 0.29) is 11.8 Å². The first-order chi connectivity index (χ1) is 17.0. The quantitative estimate of drug-likeness (QED) is 0.440. The van der Waals surface area contributed by atoms with Crippen molar-refractivity contribution < 1.29 is 14.3 Å². The molecule has 7 nitrogen and oxygen atoms in total. The summed E-state index contributed by atoms with van der Waals surface area (Å²) in [7, 11) is 5.17. The van der Waals surface area contributed by atoms with Crippen molar-refractivity contribution in [2.45, 2.75) is 32.6 Å². The van der Waals surface area contributed by atoms with E-state index in [9.17, 15) is 4.79 Å². The minimum Gasteiger partial charge on any atom is -0.493 e. The monoisotopic (exact) mass is 494 g/mol. The van der Waals surface area contributed by atoms with Crippen LogP contribution in [0, 0.1) is 12.8 Å². The number of anilines is 1. The van der Waals surface area contributed by atoms with Gasteiger partial charge in [-0.2, -0.15) is 4.37 Å². The van der Waals surface area contributed by atoms with E-state index < -0.39 is 0 Å². The second-order valence-electron chi connectivity index (χ2n) is 9.12. The first-order valence-electron chi connectivity index (χ1n) is 12.1. The molecule has 4 rings (SSSR count). The van der Waals surface area contributed by atoms with Gasteiger partial charge in [-0.3, -0.25) is 4.79 Å². The molecule has 2 heterocycles. The molecule has 0 radical (unpaired) electrons.